The van der Waals surface area contributed by atoms with E-state index in [0.717, 1.165) is 12.0 Å². The number of hydrogen-bond donors (Lipinski definition) is 0. The van der Waals surface area contributed by atoms with Crippen LogP contribution in [0.3, 0.4) is 0 Å². The Labute approximate surface area is 94.2 Å². The zero-order valence-corrected chi connectivity index (χ0v) is 9.33. The normalized spacial score (nSPS) is 25.5. The molecule has 2 nitrogen and oxygen atoms in total. The SMILES string of the molecule is CC(=O)[C@H]1CCO[C@@H]1c1ccc(Cl)cc1. The number of benzene rings is 1. The molecule has 0 radical (unpaired) electrons. The number of ketones is 1. The van der Waals surface area contributed by atoms with Crippen LogP contribution in [0.25, 0.3) is 0 Å². The van der Waals surface area contributed by atoms with E-state index < -0.39 is 0 Å². The van der Waals surface area contributed by atoms with Crippen LogP contribution in [0.2, 0.25) is 5.02 Å². The molecule has 0 spiro atoms. The van der Waals surface area contributed by atoms with Crippen molar-refractivity contribution in [3.05, 3.63) is 34.9 Å². The minimum atomic E-state index is -0.0835. The van der Waals surface area contributed by atoms with Gasteiger partial charge in [0.05, 0.1) is 6.10 Å². The summed E-state index contributed by atoms with van der Waals surface area (Å²) in [6, 6.07) is 7.51. The monoisotopic (exact) mass is 224 g/mol. The van der Waals surface area contributed by atoms with Crippen LogP contribution in [0.1, 0.15) is 25.0 Å². The van der Waals surface area contributed by atoms with Crippen molar-refractivity contribution < 1.29 is 9.53 Å². The maximum Gasteiger partial charge on any atom is 0.135 e. The molecule has 1 aromatic carbocycles. The molecular formula is C12H13ClO2. The van der Waals surface area contributed by atoms with Gasteiger partial charge < -0.3 is 4.74 Å². The predicted molar refractivity (Wildman–Crippen MR) is 58.9 cm³/mol. The van der Waals surface area contributed by atoms with Gasteiger partial charge in [-0.25, -0.2) is 0 Å². The van der Waals surface area contributed by atoms with Gasteiger partial charge in [0.15, 0.2) is 0 Å². The number of ether oxygens (including phenoxy) is 1. The summed E-state index contributed by atoms with van der Waals surface area (Å²) >= 11 is 5.81. The maximum atomic E-state index is 11.4. The van der Waals surface area contributed by atoms with Gasteiger partial charge in [-0.15, -0.1) is 0 Å². The Kier molecular flexibility index (Phi) is 3.08. The fourth-order valence-corrected chi connectivity index (χ4v) is 2.11. The van der Waals surface area contributed by atoms with E-state index in [2.05, 4.69) is 0 Å². The van der Waals surface area contributed by atoms with E-state index in [9.17, 15) is 4.79 Å². The molecule has 1 aliphatic heterocycles. The third kappa shape index (κ3) is 2.21. The number of hydrogen-bond acceptors (Lipinski definition) is 2. The Morgan fingerprint density at radius 1 is 1.40 bits per heavy atom. The van der Waals surface area contributed by atoms with Crippen LogP contribution >= 0.6 is 11.6 Å². The summed E-state index contributed by atoms with van der Waals surface area (Å²) in [5, 5.41) is 0.705. The van der Waals surface area contributed by atoms with Crippen molar-refractivity contribution >= 4 is 17.4 Å². The number of rotatable bonds is 2. The third-order valence-electron chi connectivity index (χ3n) is 2.81. The van der Waals surface area contributed by atoms with Crippen LogP contribution in [-0.2, 0) is 9.53 Å². The quantitative estimate of drug-likeness (QED) is 0.772. The summed E-state index contributed by atoms with van der Waals surface area (Å²) in [7, 11) is 0. The molecule has 1 aromatic rings. The molecule has 3 heteroatoms. The first kappa shape index (κ1) is 10.7. The second kappa shape index (κ2) is 4.33. The fraction of sp³-hybridized carbons (Fsp3) is 0.417. The minimum absolute atomic E-state index is 0.00572. The molecule has 15 heavy (non-hydrogen) atoms. The van der Waals surface area contributed by atoms with Gasteiger partial charge in [0.25, 0.3) is 0 Å². The fourth-order valence-electron chi connectivity index (χ4n) is 1.99. The van der Waals surface area contributed by atoms with Crippen molar-refractivity contribution in [1.82, 2.24) is 0 Å². The summed E-state index contributed by atoms with van der Waals surface area (Å²) < 4.78 is 5.59. The van der Waals surface area contributed by atoms with Crippen molar-refractivity contribution in [3.8, 4) is 0 Å². The first-order valence-electron chi connectivity index (χ1n) is 5.06. The van der Waals surface area contributed by atoms with E-state index in [1.807, 2.05) is 24.3 Å². The van der Waals surface area contributed by atoms with Gasteiger partial charge in [-0.3, -0.25) is 4.79 Å². The lowest BCUT2D eigenvalue weighted by atomic mass is 9.92. The average molecular weight is 225 g/mol. The van der Waals surface area contributed by atoms with E-state index in [0.29, 0.717) is 11.6 Å². The highest BCUT2D eigenvalue weighted by atomic mass is 35.5. The second-order valence-corrected chi connectivity index (χ2v) is 4.29. The lowest BCUT2D eigenvalue weighted by molar-refractivity contribution is -0.122. The molecule has 1 fully saturated rings. The molecule has 80 valence electrons. The molecule has 2 rings (SSSR count). The number of halogens is 1. The number of carbonyl (C=O) groups is 1. The second-order valence-electron chi connectivity index (χ2n) is 3.85. The summed E-state index contributed by atoms with van der Waals surface area (Å²) in [5.41, 5.74) is 1.04. The maximum absolute atomic E-state index is 11.4. The van der Waals surface area contributed by atoms with Gasteiger partial charge in [-0.1, -0.05) is 23.7 Å². The van der Waals surface area contributed by atoms with Crippen molar-refractivity contribution in [1.29, 1.82) is 0 Å². The Bertz CT molecular complexity index is 358. The average Bonchev–Trinajstić information content (AvgIpc) is 2.67. The van der Waals surface area contributed by atoms with Gasteiger partial charge in [-0.2, -0.15) is 0 Å². The molecule has 1 saturated heterocycles. The van der Waals surface area contributed by atoms with Crippen LogP contribution < -0.4 is 0 Å². The molecule has 0 saturated carbocycles. The van der Waals surface area contributed by atoms with Crippen molar-refractivity contribution in [2.45, 2.75) is 19.4 Å². The first-order valence-corrected chi connectivity index (χ1v) is 5.44. The topological polar surface area (TPSA) is 26.3 Å². The first-order chi connectivity index (χ1) is 7.18. The molecule has 0 bridgehead atoms. The third-order valence-corrected chi connectivity index (χ3v) is 3.06. The van der Waals surface area contributed by atoms with E-state index >= 15 is 0 Å². The lowest BCUT2D eigenvalue weighted by Gasteiger charge is -2.16. The lowest BCUT2D eigenvalue weighted by Crippen LogP contribution is -2.15. The van der Waals surface area contributed by atoms with Crippen molar-refractivity contribution in [2.24, 2.45) is 5.92 Å². The molecule has 1 heterocycles. The molecule has 1 aliphatic rings. The summed E-state index contributed by atoms with van der Waals surface area (Å²) in [6.45, 7) is 2.29. The molecule has 0 aliphatic carbocycles. The van der Waals surface area contributed by atoms with Gasteiger partial charge in [0, 0.05) is 17.5 Å². The minimum Gasteiger partial charge on any atom is -0.373 e. The van der Waals surface area contributed by atoms with Gasteiger partial charge in [-0.05, 0) is 31.0 Å². The van der Waals surface area contributed by atoms with Crippen LogP contribution in [0.4, 0.5) is 0 Å². The number of Topliss-reactive ketones (excluding diaryl/α,β-unsaturated/α-hetero) is 1. The van der Waals surface area contributed by atoms with E-state index in [1.54, 1.807) is 6.92 Å². The molecule has 0 aromatic heterocycles. The zero-order valence-electron chi connectivity index (χ0n) is 8.57. The predicted octanol–water partition coefficient (Wildman–Crippen LogP) is 3.01. The Balaban J connectivity index is 2.22. The van der Waals surface area contributed by atoms with E-state index in [4.69, 9.17) is 16.3 Å². The highest BCUT2D eigenvalue weighted by Crippen LogP contribution is 2.35. The van der Waals surface area contributed by atoms with Crippen LogP contribution in [0.15, 0.2) is 24.3 Å². The highest BCUT2D eigenvalue weighted by Gasteiger charge is 2.32. The van der Waals surface area contributed by atoms with Gasteiger partial charge in [0.1, 0.15) is 5.78 Å². The van der Waals surface area contributed by atoms with E-state index in [1.165, 1.54) is 0 Å². The van der Waals surface area contributed by atoms with E-state index in [-0.39, 0.29) is 17.8 Å². The molecule has 0 amide bonds. The van der Waals surface area contributed by atoms with Gasteiger partial charge in [0.2, 0.25) is 0 Å². The summed E-state index contributed by atoms with van der Waals surface area (Å²) in [6.07, 6.45) is 0.739. The summed E-state index contributed by atoms with van der Waals surface area (Å²) in [5.74, 6) is 0.207. The van der Waals surface area contributed by atoms with Crippen molar-refractivity contribution in [3.63, 3.8) is 0 Å². The van der Waals surface area contributed by atoms with Crippen molar-refractivity contribution in [2.75, 3.05) is 6.61 Å². The van der Waals surface area contributed by atoms with Crippen LogP contribution in [0.5, 0.6) is 0 Å². The summed E-state index contributed by atoms with van der Waals surface area (Å²) in [4.78, 5) is 11.4. The highest BCUT2D eigenvalue weighted by molar-refractivity contribution is 6.30. The molecule has 2 atom stereocenters. The standard InChI is InChI=1S/C12H13ClO2/c1-8(14)11-6-7-15-12(11)9-2-4-10(13)5-3-9/h2-5,11-12H,6-7H2,1H3/t11-,12-/m1/s1. The zero-order chi connectivity index (χ0) is 10.8. The van der Waals surface area contributed by atoms with Gasteiger partial charge >= 0.3 is 0 Å². The molecular weight excluding hydrogens is 212 g/mol. The van der Waals surface area contributed by atoms with Crippen LogP contribution in [0, 0.1) is 5.92 Å². The Morgan fingerprint density at radius 2 is 2.07 bits per heavy atom. The largest absolute Gasteiger partial charge is 0.373 e. The van der Waals surface area contributed by atoms with Crippen LogP contribution in [-0.4, -0.2) is 12.4 Å². The molecule has 0 N–H and O–H groups in total. The molecule has 0 unspecified atom stereocenters. The Morgan fingerprint density at radius 3 is 2.67 bits per heavy atom. The Hall–Kier alpha value is -0.860. The number of carbonyl (C=O) groups excluding carboxylic acids is 1. The smallest absolute Gasteiger partial charge is 0.135 e.